The molecule has 0 spiro atoms. The number of benzene rings is 2. The van der Waals surface area contributed by atoms with E-state index in [1.807, 2.05) is 24.3 Å². The van der Waals surface area contributed by atoms with Crippen molar-refractivity contribution in [1.29, 1.82) is 0 Å². The quantitative estimate of drug-likeness (QED) is 0.179. The Bertz CT molecular complexity index is 1140. The predicted molar refractivity (Wildman–Crippen MR) is 169 cm³/mol. The molecule has 0 bridgehead atoms. The number of carbonyl (C=O) groups is 1. The van der Waals surface area contributed by atoms with Gasteiger partial charge in [-0.15, -0.1) is 0 Å². The molecular formula is C33H51FN2O5Sn. The average Bonchev–Trinajstić information content (AvgIpc) is 3.02. The van der Waals surface area contributed by atoms with Crippen LogP contribution < -0.4 is 23.1 Å². The summed E-state index contributed by atoms with van der Waals surface area (Å²) in [6.45, 7) is 7.13. The normalized spacial score (nSPS) is 13.5. The molecular weight excluding hydrogens is 642 g/mol. The molecule has 7 nitrogen and oxygen atoms in total. The van der Waals surface area contributed by atoms with Crippen LogP contribution >= 0.6 is 0 Å². The summed E-state index contributed by atoms with van der Waals surface area (Å²) >= 11 is -2.96. The number of unbranched alkanes of at least 4 members (excludes halogenated alkanes) is 3. The summed E-state index contributed by atoms with van der Waals surface area (Å²) in [5.74, 6) is 1.27. The molecule has 0 fully saturated rings. The molecule has 0 saturated heterocycles. The number of aliphatic hydroxyl groups is 1. The van der Waals surface area contributed by atoms with Crippen molar-refractivity contribution >= 4 is 27.9 Å². The van der Waals surface area contributed by atoms with E-state index in [0.29, 0.717) is 30.1 Å². The second-order valence-electron chi connectivity index (χ2n) is 11.5. The molecule has 1 aliphatic rings. The minimum absolute atomic E-state index is 0.156. The fourth-order valence-corrected chi connectivity index (χ4v) is 22.3. The number of methoxy groups -OCH3 is 2. The van der Waals surface area contributed by atoms with Crippen molar-refractivity contribution < 1.29 is 28.5 Å². The van der Waals surface area contributed by atoms with E-state index < -0.39 is 25.2 Å². The fourth-order valence-electron chi connectivity index (χ4n) is 6.22. The summed E-state index contributed by atoms with van der Waals surface area (Å²) in [7, 11) is 3.26. The third kappa shape index (κ3) is 8.53. The summed E-state index contributed by atoms with van der Waals surface area (Å²) in [5.41, 5.74) is 3.20. The number of carbonyl (C=O) groups excluding carboxylic acids is 1. The molecule has 0 aliphatic carbocycles. The molecule has 1 amide bonds. The zero-order valence-electron chi connectivity index (χ0n) is 26.3. The first-order valence-electron chi connectivity index (χ1n) is 15.6. The summed E-state index contributed by atoms with van der Waals surface area (Å²) in [5, 5.41) is 13.4. The molecule has 3 rings (SSSR count). The van der Waals surface area contributed by atoms with Crippen molar-refractivity contribution in [2.45, 2.75) is 92.2 Å². The SMILES string of the molecule is CCC[CH2][Sn]([CH2]CCC)([CH2]CCC)[c]1cc(CO)c(OCF)c(C(=O)NCN2CCc3cc(OC)c(OC)cc3C2)c1. The average molecular weight is 693 g/mol. The molecule has 1 heterocycles. The van der Waals surface area contributed by atoms with Gasteiger partial charge in [0.2, 0.25) is 0 Å². The molecule has 0 atom stereocenters. The Morgan fingerprint density at radius 1 is 0.952 bits per heavy atom. The van der Waals surface area contributed by atoms with Crippen molar-refractivity contribution in [3.05, 3.63) is 46.5 Å². The Balaban J connectivity index is 1.91. The molecule has 9 heteroatoms. The van der Waals surface area contributed by atoms with Crippen molar-refractivity contribution in [3.8, 4) is 17.2 Å². The van der Waals surface area contributed by atoms with E-state index in [-0.39, 0.29) is 18.3 Å². The van der Waals surface area contributed by atoms with Gasteiger partial charge in [0.05, 0.1) is 14.2 Å². The fraction of sp³-hybridized carbons (Fsp3) is 0.606. The first kappa shape index (κ1) is 34.4. The summed E-state index contributed by atoms with van der Waals surface area (Å²) < 4.78 is 34.8. The van der Waals surface area contributed by atoms with Gasteiger partial charge in [-0.1, -0.05) is 0 Å². The molecule has 1 aliphatic heterocycles. The maximum atomic E-state index is 13.8. The van der Waals surface area contributed by atoms with Gasteiger partial charge < -0.3 is 4.74 Å². The van der Waals surface area contributed by atoms with Crippen molar-refractivity contribution in [2.75, 3.05) is 34.3 Å². The zero-order valence-corrected chi connectivity index (χ0v) is 29.2. The molecule has 0 radical (unpaired) electrons. The predicted octanol–water partition coefficient (Wildman–Crippen LogP) is 6.30. The standard InChI is InChI=1S/C21H24FN2O5.3C4H9.Sn/c1-27-18-8-14-6-7-24(10-16(14)9-19(18)28-2)13-23-21(26)17-5-3-4-15(11-25)20(17)29-12-22;3*1-3-4-2;/h4-5,8-9,25H,6-7,10-13H2,1-2H3,(H,23,26);3*1,3-4H2,2H3;. The Morgan fingerprint density at radius 3 is 2.07 bits per heavy atom. The van der Waals surface area contributed by atoms with Crippen LogP contribution in [-0.2, 0) is 19.6 Å². The van der Waals surface area contributed by atoms with E-state index in [4.69, 9.17) is 14.2 Å². The van der Waals surface area contributed by atoms with Crippen LogP contribution in [0.1, 0.15) is 86.3 Å². The third-order valence-corrected chi connectivity index (χ3v) is 24.2. The van der Waals surface area contributed by atoms with E-state index in [0.717, 1.165) is 43.5 Å². The van der Waals surface area contributed by atoms with Crippen molar-refractivity contribution in [3.63, 3.8) is 0 Å². The van der Waals surface area contributed by atoms with Crippen LogP contribution in [0.15, 0.2) is 24.3 Å². The first-order chi connectivity index (χ1) is 20.4. The Morgan fingerprint density at radius 2 is 1.55 bits per heavy atom. The number of hydrogen-bond acceptors (Lipinski definition) is 6. The Labute approximate surface area is 256 Å². The van der Waals surface area contributed by atoms with Crippen LogP contribution in [0.2, 0.25) is 13.3 Å². The van der Waals surface area contributed by atoms with E-state index in [2.05, 4.69) is 31.0 Å². The number of rotatable bonds is 18. The number of amides is 1. The molecule has 0 unspecified atom stereocenters. The van der Waals surface area contributed by atoms with Crippen LogP contribution in [0.25, 0.3) is 0 Å². The molecule has 2 aromatic rings. The Hall–Kier alpha value is -2.04. The second-order valence-corrected chi connectivity index (χ2v) is 24.7. The molecule has 2 aromatic carbocycles. The monoisotopic (exact) mass is 694 g/mol. The number of fused-ring (bicyclic) bond motifs is 1. The van der Waals surface area contributed by atoms with Gasteiger partial charge >= 0.3 is 238 Å². The van der Waals surface area contributed by atoms with Crippen LogP contribution in [-0.4, -0.2) is 68.6 Å². The number of ether oxygens (including phenoxy) is 3. The molecule has 0 saturated carbocycles. The van der Waals surface area contributed by atoms with Crippen LogP contribution in [0.5, 0.6) is 17.2 Å². The van der Waals surface area contributed by atoms with Gasteiger partial charge in [0.15, 0.2) is 0 Å². The number of nitrogens with zero attached hydrogens (tertiary/aromatic N) is 1. The van der Waals surface area contributed by atoms with E-state index in [9.17, 15) is 14.3 Å². The summed E-state index contributed by atoms with van der Waals surface area (Å²) in [6.07, 6.45) is 7.77. The van der Waals surface area contributed by atoms with Gasteiger partial charge in [0, 0.05) is 0 Å². The third-order valence-electron chi connectivity index (χ3n) is 8.68. The molecule has 0 aromatic heterocycles. The van der Waals surface area contributed by atoms with Gasteiger partial charge in [-0.25, -0.2) is 0 Å². The number of aliphatic hydroxyl groups excluding tert-OH is 1. The minimum atomic E-state index is -2.96. The van der Waals surface area contributed by atoms with Gasteiger partial charge in [0.25, 0.3) is 0 Å². The van der Waals surface area contributed by atoms with Crippen LogP contribution in [0.3, 0.4) is 0 Å². The van der Waals surface area contributed by atoms with Gasteiger partial charge in [-0.2, -0.15) is 0 Å². The van der Waals surface area contributed by atoms with Gasteiger partial charge in [0.1, 0.15) is 0 Å². The van der Waals surface area contributed by atoms with Crippen LogP contribution in [0.4, 0.5) is 4.39 Å². The van der Waals surface area contributed by atoms with Gasteiger partial charge in [-0.05, 0) is 0 Å². The number of nitrogens with one attached hydrogen (secondary N) is 1. The van der Waals surface area contributed by atoms with E-state index >= 15 is 0 Å². The molecule has 42 heavy (non-hydrogen) atoms. The van der Waals surface area contributed by atoms with E-state index in [1.165, 1.54) is 41.7 Å². The van der Waals surface area contributed by atoms with E-state index in [1.54, 1.807) is 14.2 Å². The topological polar surface area (TPSA) is 80.3 Å². The number of halogens is 1. The molecule has 234 valence electrons. The van der Waals surface area contributed by atoms with Gasteiger partial charge in [-0.3, -0.25) is 0 Å². The number of alkyl halides is 1. The Kier molecular flexibility index (Phi) is 14.2. The first-order valence-corrected chi connectivity index (χ1v) is 23.1. The zero-order chi connectivity index (χ0) is 30.5. The molecule has 2 N–H and O–H groups in total. The second kappa shape index (κ2) is 17.3. The van der Waals surface area contributed by atoms with Crippen molar-refractivity contribution in [2.24, 2.45) is 0 Å². The van der Waals surface area contributed by atoms with Crippen molar-refractivity contribution in [1.82, 2.24) is 10.2 Å². The number of hydrogen-bond donors (Lipinski definition) is 2. The summed E-state index contributed by atoms with van der Waals surface area (Å²) in [6, 6.07) is 8.07. The summed E-state index contributed by atoms with van der Waals surface area (Å²) in [4.78, 5) is 15.9. The van der Waals surface area contributed by atoms with Crippen LogP contribution in [0, 0.1) is 0 Å². The maximum absolute atomic E-state index is 13.8.